The summed E-state index contributed by atoms with van der Waals surface area (Å²) in [6.07, 6.45) is 0.654. The van der Waals surface area contributed by atoms with Gasteiger partial charge in [-0.1, -0.05) is 30.3 Å². The number of aliphatic hydroxyl groups is 2. The fourth-order valence-corrected chi connectivity index (χ4v) is 2.14. The van der Waals surface area contributed by atoms with Gasteiger partial charge in [-0.25, -0.2) is 0 Å². The minimum atomic E-state index is -0.774. The highest BCUT2D eigenvalue weighted by Gasteiger charge is 2.30. The molecule has 1 unspecified atom stereocenters. The first-order valence-corrected chi connectivity index (χ1v) is 6.35. The predicted octanol–water partition coefficient (Wildman–Crippen LogP) is 1.10. The summed E-state index contributed by atoms with van der Waals surface area (Å²) in [5, 5.41) is 18.3. The summed E-state index contributed by atoms with van der Waals surface area (Å²) in [5.41, 5.74) is 1.14. The molecule has 1 saturated heterocycles. The molecule has 0 radical (unpaired) electrons. The Bertz CT molecular complexity index is 341. The molecule has 1 aromatic carbocycles. The lowest BCUT2D eigenvalue weighted by molar-refractivity contribution is -0.0752. The molecule has 1 fully saturated rings. The van der Waals surface area contributed by atoms with Crippen LogP contribution in [0.2, 0.25) is 0 Å². The molecule has 1 heterocycles. The molecule has 3 atom stereocenters. The Hall–Kier alpha value is -0.940. The summed E-state index contributed by atoms with van der Waals surface area (Å²) in [6, 6.07) is 9.99. The van der Waals surface area contributed by atoms with Crippen LogP contribution in [-0.2, 0) is 16.1 Å². The molecule has 1 aliphatic heterocycles. The van der Waals surface area contributed by atoms with Crippen molar-refractivity contribution in [2.75, 3.05) is 13.2 Å². The van der Waals surface area contributed by atoms with Gasteiger partial charge in [0.1, 0.15) is 6.10 Å². The van der Waals surface area contributed by atoms with Crippen LogP contribution < -0.4 is 0 Å². The molecule has 0 aliphatic carbocycles. The molecule has 2 rings (SSSR count). The van der Waals surface area contributed by atoms with Crippen molar-refractivity contribution in [3.8, 4) is 0 Å². The Labute approximate surface area is 107 Å². The van der Waals surface area contributed by atoms with Crippen LogP contribution in [0.25, 0.3) is 0 Å². The van der Waals surface area contributed by atoms with Gasteiger partial charge in [-0.05, 0) is 18.4 Å². The molecule has 0 spiro atoms. The predicted molar refractivity (Wildman–Crippen MR) is 67.1 cm³/mol. The summed E-state index contributed by atoms with van der Waals surface area (Å²) in [4.78, 5) is 0. The minimum absolute atomic E-state index is 0.0277. The van der Waals surface area contributed by atoms with E-state index in [9.17, 15) is 5.11 Å². The second kappa shape index (κ2) is 6.85. The van der Waals surface area contributed by atoms with Crippen LogP contribution in [0, 0.1) is 0 Å². The molecule has 0 saturated carbocycles. The molecule has 0 amide bonds. The van der Waals surface area contributed by atoms with Gasteiger partial charge >= 0.3 is 0 Å². The van der Waals surface area contributed by atoms with E-state index in [0.29, 0.717) is 13.2 Å². The van der Waals surface area contributed by atoms with Crippen LogP contribution >= 0.6 is 0 Å². The maximum Gasteiger partial charge on any atom is 0.103 e. The SMILES string of the molecule is OCC(O)[C@H]1CC[C@H](COCc2ccccc2)O1. The van der Waals surface area contributed by atoms with Crippen molar-refractivity contribution in [2.45, 2.75) is 37.8 Å². The molecule has 4 heteroatoms. The molecule has 0 bridgehead atoms. The minimum Gasteiger partial charge on any atom is -0.394 e. The van der Waals surface area contributed by atoms with E-state index in [1.165, 1.54) is 0 Å². The molecule has 2 N–H and O–H groups in total. The topological polar surface area (TPSA) is 58.9 Å². The molecule has 18 heavy (non-hydrogen) atoms. The maximum atomic E-state index is 9.46. The number of aliphatic hydroxyl groups excluding tert-OH is 2. The number of benzene rings is 1. The maximum absolute atomic E-state index is 9.46. The zero-order valence-electron chi connectivity index (χ0n) is 10.4. The van der Waals surface area contributed by atoms with E-state index >= 15 is 0 Å². The van der Waals surface area contributed by atoms with Crippen molar-refractivity contribution in [1.82, 2.24) is 0 Å². The van der Waals surface area contributed by atoms with Crippen molar-refractivity contribution in [2.24, 2.45) is 0 Å². The third-order valence-electron chi connectivity index (χ3n) is 3.17. The Kier molecular flexibility index (Phi) is 5.13. The van der Waals surface area contributed by atoms with Crippen LogP contribution in [0.4, 0.5) is 0 Å². The van der Waals surface area contributed by atoms with Gasteiger partial charge in [-0.15, -0.1) is 0 Å². The van der Waals surface area contributed by atoms with E-state index in [2.05, 4.69) is 0 Å². The highest BCUT2D eigenvalue weighted by atomic mass is 16.5. The molecular weight excluding hydrogens is 232 g/mol. The summed E-state index contributed by atoms with van der Waals surface area (Å²) >= 11 is 0. The summed E-state index contributed by atoms with van der Waals surface area (Å²) in [7, 11) is 0. The van der Waals surface area contributed by atoms with Crippen LogP contribution in [-0.4, -0.2) is 41.7 Å². The van der Waals surface area contributed by atoms with Crippen LogP contribution in [0.3, 0.4) is 0 Å². The standard InChI is InChI=1S/C14H20O4/c15-8-13(16)14-7-6-12(18-14)10-17-9-11-4-2-1-3-5-11/h1-5,12-16H,6-10H2/t12-,13?,14-/m1/s1. The number of hydrogen-bond donors (Lipinski definition) is 2. The lowest BCUT2D eigenvalue weighted by Crippen LogP contribution is -2.30. The Morgan fingerprint density at radius 2 is 2.06 bits per heavy atom. The van der Waals surface area contributed by atoms with Crippen molar-refractivity contribution in [3.05, 3.63) is 35.9 Å². The van der Waals surface area contributed by atoms with Gasteiger partial charge in [0.25, 0.3) is 0 Å². The largest absolute Gasteiger partial charge is 0.394 e. The van der Waals surface area contributed by atoms with Gasteiger partial charge in [0, 0.05) is 0 Å². The first kappa shape index (κ1) is 13.5. The summed E-state index contributed by atoms with van der Waals surface area (Å²) in [6.45, 7) is 0.861. The monoisotopic (exact) mass is 252 g/mol. The second-order valence-electron chi connectivity index (χ2n) is 4.62. The number of hydrogen-bond acceptors (Lipinski definition) is 4. The lowest BCUT2D eigenvalue weighted by atomic mass is 10.1. The van der Waals surface area contributed by atoms with Crippen molar-refractivity contribution >= 4 is 0 Å². The van der Waals surface area contributed by atoms with Gasteiger partial charge in [0.2, 0.25) is 0 Å². The van der Waals surface area contributed by atoms with E-state index in [0.717, 1.165) is 18.4 Å². The zero-order valence-corrected chi connectivity index (χ0v) is 10.4. The summed E-state index contributed by atoms with van der Waals surface area (Å²) < 4.78 is 11.2. The second-order valence-corrected chi connectivity index (χ2v) is 4.62. The van der Waals surface area contributed by atoms with Crippen molar-refractivity contribution in [3.63, 3.8) is 0 Å². The van der Waals surface area contributed by atoms with E-state index in [-0.39, 0.29) is 18.8 Å². The van der Waals surface area contributed by atoms with E-state index in [4.69, 9.17) is 14.6 Å². The first-order chi connectivity index (χ1) is 8.79. The third kappa shape index (κ3) is 3.78. The van der Waals surface area contributed by atoms with Crippen LogP contribution in [0.1, 0.15) is 18.4 Å². The Morgan fingerprint density at radius 3 is 2.78 bits per heavy atom. The normalized spacial score (nSPS) is 25.2. The van der Waals surface area contributed by atoms with Gasteiger partial charge in [0.05, 0.1) is 32.0 Å². The quantitative estimate of drug-likeness (QED) is 0.796. The number of ether oxygens (including phenoxy) is 2. The highest BCUT2D eigenvalue weighted by Crippen LogP contribution is 2.22. The first-order valence-electron chi connectivity index (χ1n) is 6.35. The van der Waals surface area contributed by atoms with Gasteiger partial charge < -0.3 is 19.7 Å². The average Bonchev–Trinajstić information content (AvgIpc) is 2.88. The van der Waals surface area contributed by atoms with Gasteiger partial charge in [-0.2, -0.15) is 0 Å². The average molecular weight is 252 g/mol. The molecule has 1 aromatic rings. The van der Waals surface area contributed by atoms with Crippen LogP contribution in [0.5, 0.6) is 0 Å². The smallest absolute Gasteiger partial charge is 0.103 e. The molecule has 0 aromatic heterocycles. The van der Waals surface area contributed by atoms with E-state index in [1.807, 2.05) is 30.3 Å². The fourth-order valence-electron chi connectivity index (χ4n) is 2.14. The Morgan fingerprint density at radius 1 is 1.28 bits per heavy atom. The summed E-state index contributed by atoms with van der Waals surface area (Å²) in [5.74, 6) is 0. The van der Waals surface area contributed by atoms with Gasteiger partial charge in [0.15, 0.2) is 0 Å². The molecule has 1 aliphatic rings. The highest BCUT2D eigenvalue weighted by molar-refractivity contribution is 5.13. The molecular formula is C14H20O4. The van der Waals surface area contributed by atoms with Gasteiger partial charge in [-0.3, -0.25) is 0 Å². The Balaban J connectivity index is 1.66. The molecule has 4 nitrogen and oxygen atoms in total. The zero-order chi connectivity index (χ0) is 12.8. The van der Waals surface area contributed by atoms with E-state index in [1.54, 1.807) is 0 Å². The van der Waals surface area contributed by atoms with Crippen molar-refractivity contribution < 1.29 is 19.7 Å². The fraction of sp³-hybridized carbons (Fsp3) is 0.571. The van der Waals surface area contributed by atoms with E-state index < -0.39 is 6.10 Å². The number of rotatable bonds is 6. The molecule has 100 valence electrons. The third-order valence-corrected chi connectivity index (χ3v) is 3.17. The van der Waals surface area contributed by atoms with Crippen molar-refractivity contribution in [1.29, 1.82) is 0 Å². The lowest BCUT2D eigenvalue weighted by Gasteiger charge is -2.17. The van der Waals surface area contributed by atoms with Crippen LogP contribution in [0.15, 0.2) is 30.3 Å².